The Labute approximate surface area is 209 Å². The van der Waals surface area contributed by atoms with Crippen LogP contribution in [0, 0.1) is 0 Å². The van der Waals surface area contributed by atoms with Gasteiger partial charge in [-0.25, -0.2) is 14.5 Å². The van der Waals surface area contributed by atoms with Gasteiger partial charge in [0, 0.05) is 5.02 Å². The summed E-state index contributed by atoms with van der Waals surface area (Å²) in [6.45, 7) is 0.150. The molecule has 0 aromatic heterocycles. The maximum atomic E-state index is 13.0. The van der Waals surface area contributed by atoms with Gasteiger partial charge in [0.2, 0.25) is 0 Å². The summed E-state index contributed by atoms with van der Waals surface area (Å²) in [7, 11) is 0. The lowest BCUT2D eigenvalue weighted by Gasteiger charge is -2.26. The average Bonchev–Trinajstić information content (AvgIpc) is 2.81. The van der Waals surface area contributed by atoms with Crippen LogP contribution in [0.2, 0.25) is 10.0 Å². The van der Waals surface area contributed by atoms with Crippen LogP contribution in [0.5, 0.6) is 5.75 Å². The van der Waals surface area contributed by atoms with Gasteiger partial charge in [-0.3, -0.25) is 14.9 Å². The van der Waals surface area contributed by atoms with Crippen molar-refractivity contribution in [3.05, 3.63) is 99.0 Å². The normalized spacial score (nSPS) is 14.7. The molecule has 0 atom stereocenters. The number of urea groups is 1. The van der Waals surface area contributed by atoms with Gasteiger partial charge in [0.15, 0.2) is 0 Å². The zero-order chi connectivity index (χ0) is 25.1. The fourth-order valence-corrected chi connectivity index (χ4v) is 3.73. The van der Waals surface area contributed by atoms with E-state index in [1.54, 1.807) is 36.4 Å². The molecule has 4 amide bonds. The van der Waals surface area contributed by atoms with Crippen LogP contribution < -0.4 is 15.0 Å². The molecule has 2 N–H and O–H groups in total. The van der Waals surface area contributed by atoms with Gasteiger partial charge >= 0.3 is 12.0 Å². The number of carboxylic acids is 1. The molecule has 0 spiro atoms. The standard InChI is InChI=1S/C25H16Cl2N2O6/c26-17-2-1-3-18(12-17)29-23(31)19(22(30)28-25(29)34)10-15-6-9-21(20(27)11-15)35-13-14-4-7-16(8-5-14)24(32)33/h1-12H,13H2,(H,32,33)(H,28,30,34)/b19-10+. The Morgan fingerprint density at radius 1 is 1.00 bits per heavy atom. The van der Waals surface area contributed by atoms with E-state index in [4.69, 9.17) is 33.0 Å². The van der Waals surface area contributed by atoms with Crippen LogP contribution in [0.25, 0.3) is 6.08 Å². The molecule has 0 radical (unpaired) electrons. The minimum absolute atomic E-state index is 0.150. The Morgan fingerprint density at radius 2 is 1.74 bits per heavy atom. The van der Waals surface area contributed by atoms with Crippen molar-refractivity contribution < 1.29 is 29.0 Å². The first kappa shape index (κ1) is 24.0. The predicted molar refractivity (Wildman–Crippen MR) is 130 cm³/mol. The van der Waals surface area contributed by atoms with Gasteiger partial charge in [0.25, 0.3) is 11.8 Å². The monoisotopic (exact) mass is 510 g/mol. The summed E-state index contributed by atoms with van der Waals surface area (Å²) in [4.78, 5) is 49.4. The second-order valence-corrected chi connectivity index (χ2v) is 8.26. The van der Waals surface area contributed by atoms with E-state index in [2.05, 4.69) is 5.32 Å². The van der Waals surface area contributed by atoms with Crippen molar-refractivity contribution in [3.8, 4) is 5.75 Å². The van der Waals surface area contributed by atoms with Crippen LogP contribution in [0.1, 0.15) is 21.5 Å². The summed E-state index contributed by atoms with van der Waals surface area (Å²) in [5.41, 5.74) is 1.31. The van der Waals surface area contributed by atoms with Gasteiger partial charge in [0.05, 0.1) is 16.3 Å². The Bertz CT molecular complexity index is 1380. The van der Waals surface area contributed by atoms with Crippen molar-refractivity contribution >= 4 is 58.8 Å². The van der Waals surface area contributed by atoms with E-state index >= 15 is 0 Å². The van der Waals surface area contributed by atoms with Crippen molar-refractivity contribution in [1.82, 2.24) is 5.32 Å². The number of benzene rings is 3. The molecule has 0 unspecified atom stereocenters. The zero-order valence-electron chi connectivity index (χ0n) is 17.8. The molecule has 3 aromatic rings. The number of imide groups is 2. The van der Waals surface area contributed by atoms with Crippen LogP contribution in [-0.4, -0.2) is 28.9 Å². The highest BCUT2D eigenvalue weighted by Gasteiger charge is 2.36. The SMILES string of the molecule is O=C1NC(=O)N(c2cccc(Cl)c2)C(=O)/C1=C/c1ccc(OCc2ccc(C(=O)O)cc2)c(Cl)c1. The molecule has 1 aliphatic heterocycles. The smallest absolute Gasteiger partial charge is 0.335 e. The first-order chi connectivity index (χ1) is 16.7. The molecule has 1 saturated heterocycles. The topological polar surface area (TPSA) is 113 Å². The number of hydrogen-bond acceptors (Lipinski definition) is 5. The van der Waals surface area contributed by atoms with Gasteiger partial charge in [0.1, 0.15) is 17.9 Å². The number of hydrogen-bond donors (Lipinski definition) is 2. The summed E-state index contributed by atoms with van der Waals surface area (Å²) in [6.07, 6.45) is 1.32. The number of carboxylic acid groups (broad SMARTS) is 1. The first-order valence-corrected chi connectivity index (χ1v) is 10.9. The number of nitrogens with zero attached hydrogens (tertiary/aromatic N) is 1. The van der Waals surface area contributed by atoms with Gasteiger partial charge < -0.3 is 9.84 Å². The summed E-state index contributed by atoms with van der Waals surface area (Å²) >= 11 is 12.3. The largest absolute Gasteiger partial charge is 0.487 e. The molecule has 10 heteroatoms. The van der Waals surface area contributed by atoms with Crippen LogP contribution in [0.4, 0.5) is 10.5 Å². The molecular weight excluding hydrogens is 495 g/mol. The van der Waals surface area contributed by atoms with E-state index in [0.29, 0.717) is 16.3 Å². The summed E-state index contributed by atoms with van der Waals surface area (Å²) in [6, 6.07) is 16.2. The van der Waals surface area contributed by atoms with E-state index in [9.17, 15) is 19.2 Å². The highest BCUT2D eigenvalue weighted by atomic mass is 35.5. The number of rotatable bonds is 6. The second kappa shape index (κ2) is 10.0. The van der Waals surface area contributed by atoms with E-state index in [1.807, 2.05) is 0 Å². The lowest BCUT2D eigenvalue weighted by Crippen LogP contribution is -2.54. The third-order valence-corrected chi connectivity index (χ3v) is 5.56. The van der Waals surface area contributed by atoms with Gasteiger partial charge in [-0.15, -0.1) is 0 Å². The number of barbiturate groups is 1. The molecule has 1 fully saturated rings. The molecule has 1 heterocycles. The Kier molecular flexibility index (Phi) is 6.86. The van der Waals surface area contributed by atoms with E-state index in [0.717, 1.165) is 10.5 Å². The fraction of sp³-hybridized carbons (Fsp3) is 0.0400. The number of carbonyl (C=O) groups excluding carboxylic acids is 3. The van der Waals surface area contributed by atoms with Crippen molar-refractivity contribution in [2.24, 2.45) is 0 Å². The lowest BCUT2D eigenvalue weighted by molar-refractivity contribution is -0.122. The molecular formula is C25H16Cl2N2O6. The molecule has 0 bridgehead atoms. The third-order valence-electron chi connectivity index (χ3n) is 5.03. The highest BCUT2D eigenvalue weighted by molar-refractivity contribution is 6.39. The van der Waals surface area contributed by atoms with E-state index < -0.39 is 23.8 Å². The molecule has 8 nitrogen and oxygen atoms in total. The Hall–Kier alpha value is -4.14. The third kappa shape index (κ3) is 5.34. The van der Waals surface area contributed by atoms with E-state index in [1.165, 1.54) is 36.4 Å². The van der Waals surface area contributed by atoms with Crippen LogP contribution in [0.15, 0.2) is 72.3 Å². The number of halogens is 2. The molecule has 176 valence electrons. The van der Waals surface area contributed by atoms with Gasteiger partial charge in [-0.2, -0.15) is 0 Å². The highest BCUT2D eigenvalue weighted by Crippen LogP contribution is 2.29. The van der Waals surface area contributed by atoms with Gasteiger partial charge in [-0.1, -0.05) is 47.5 Å². The number of ether oxygens (including phenoxy) is 1. The molecule has 1 aliphatic rings. The zero-order valence-corrected chi connectivity index (χ0v) is 19.3. The minimum Gasteiger partial charge on any atom is -0.487 e. The quantitative estimate of drug-likeness (QED) is 0.358. The maximum Gasteiger partial charge on any atom is 0.335 e. The predicted octanol–water partition coefficient (Wildman–Crippen LogP) is 4.94. The molecule has 0 aliphatic carbocycles. The second-order valence-electron chi connectivity index (χ2n) is 7.42. The molecule has 4 rings (SSSR count). The van der Waals surface area contributed by atoms with E-state index in [-0.39, 0.29) is 28.5 Å². The van der Waals surface area contributed by atoms with Crippen LogP contribution in [-0.2, 0) is 16.2 Å². The molecule has 35 heavy (non-hydrogen) atoms. The Morgan fingerprint density at radius 3 is 2.40 bits per heavy atom. The number of aromatic carboxylic acids is 1. The van der Waals surface area contributed by atoms with Crippen molar-refractivity contribution in [3.63, 3.8) is 0 Å². The van der Waals surface area contributed by atoms with Crippen LogP contribution in [0.3, 0.4) is 0 Å². The number of anilines is 1. The lowest BCUT2D eigenvalue weighted by atomic mass is 10.1. The molecule has 0 saturated carbocycles. The summed E-state index contributed by atoms with van der Waals surface area (Å²) in [5.74, 6) is -2.30. The first-order valence-electron chi connectivity index (χ1n) is 10.1. The number of amides is 4. The van der Waals surface area contributed by atoms with Crippen molar-refractivity contribution in [2.45, 2.75) is 6.61 Å². The minimum atomic E-state index is -1.02. The fourth-order valence-electron chi connectivity index (χ4n) is 3.30. The Balaban J connectivity index is 1.53. The molecule has 3 aromatic carbocycles. The van der Waals surface area contributed by atoms with Gasteiger partial charge in [-0.05, 0) is 59.7 Å². The van der Waals surface area contributed by atoms with Crippen molar-refractivity contribution in [1.29, 1.82) is 0 Å². The average molecular weight is 511 g/mol. The summed E-state index contributed by atoms with van der Waals surface area (Å²) < 4.78 is 5.70. The number of carbonyl (C=O) groups is 4. The summed E-state index contributed by atoms with van der Waals surface area (Å²) in [5, 5.41) is 11.7. The number of nitrogens with one attached hydrogen (secondary N) is 1. The van der Waals surface area contributed by atoms with Crippen LogP contribution >= 0.6 is 23.2 Å². The van der Waals surface area contributed by atoms with Crippen molar-refractivity contribution in [2.75, 3.05) is 4.90 Å². The maximum absolute atomic E-state index is 13.0.